The summed E-state index contributed by atoms with van der Waals surface area (Å²) in [5.41, 5.74) is 0.476. The lowest BCUT2D eigenvalue weighted by Gasteiger charge is -2.07. The average molecular weight is 334 g/mol. The van der Waals surface area contributed by atoms with Crippen LogP contribution < -0.4 is 19.3 Å². The number of aromatic nitrogens is 3. The Balaban J connectivity index is 2.30. The zero-order chi connectivity index (χ0) is 17.7. The molecule has 0 saturated carbocycles. The minimum atomic E-state index is -0.738. The van der Waals surface area contributed by atoms with Crippen LogP contribution in [0, 0.1) is 0 Å². The predicted molar refractivity (Wildman–Crippen MR) is 81.3 cm³/mol. The standard InChI is InChI=1S/C15H18N4O5/c1-5-24-15(21)13-14(20)19(17-18(13)2)16-9-10-6-7-11(22-3)12(8-10)23-4/h6-9H,5H2,1-4H3/b16-9+. The van der Waals surface area contributed by atoms with Gasteiger partial charge >= 0.3 is 5.97 Å². The van der Waals surface area contributed by atoms with Gasteiger partial charge in [-0.1, -0.05) is 5.10 Å². The zero-order valence-electron chi connectivity index (χ0n) is 13.8. The molecule has 0 aliphatic rings. The molecule has 2 aromatic rings. The van der Waals surface area contributed by atoms with Gasteiger partial charge in [-0.2, -0.15) is 0 Å². The molecule has 0 unspecified atom stereocenters. The lowest BCUT2D eigenvalue weighted by Crippen LogP contribution is -2.38. The molecular formula is C15H18N4O5. The second kappa shape index (κ2) is 7.44. The molecule has 0 saturated heterocycles. The van der Waals surface area contributed by atoms with E-state index in [1.807, 2.05) is 0 Å². The van der Waals surface area contributed by atoms with Crippen molar-refractivity contribution in [1.29, 1.82) is 0 Å². The van der Waals surface area contributed by atoms with Gasteiger partial charge in [-0.05, 0) is 29.9 Å². The quantitative estimate of drug-likeness (QED) is 0.414. The maximum atomic E-state index is 12.2. The van der Waals surface area contributed by atoms with Crippen molar-refractivity contribution in [3.63, 3.8) is 0 Å². The molecule has 0 aliphatic heterocycles. The summed E-state index contributed by atoms with van der Waals surface area (Å²) in [7, 11) is 4.53. The number of hydrogen-bond acceptors (Lipinski definition) is 7. The number of benzene rings is 1. The number of ether oxygens (including phenoxy) is 3. The molecule has 0 bridgehead atoms. The van der Waals surface area contributed by atoms with Gasteiger partial charge in [0.15, 0.2) is 17.4 Å². The number of carbonyl (C=O) groups is 1. The van der Waals surface area contributed by atoms with E-state index in [4.69, 9.17) is 14.2 Å². The predicted octanol–water partition coefficient (Wildman–Crippen LogP) is -0.143. The highest BCUT2D eigenvalue weighted by molar-refractivity contribution is 5.87. The highest BCUT2D eigenvalue weighted by Gasteiger charge is 2.24. The van der Waals surface area contributed by atoms with Gasteiger partial charge in [0.25, 0.3) is 5.69 Å². The van der Waals surface area contributed by atoms with Crippen LogP contribution in [-0.4, -0.2) is 43.0 Å². The summed E-state index contributed by atoms with van der Waals surface area (Å²) in [6.07, 6.45) is 1.42. The summed E-state index contributed by atoms with van der Waals surface area (Å²) in [6, 6.07) is 5.15. The Hall–Kier alpha value is -3.10. The molecule has 1 aromatic carbocycles. The fourth-order valence-corrected chi connectivity index (χ4v) is 1.99. The second-order valence-corrected chi connectivity index (χ2v) is 4.64. The van der Waals surface area contributed by atoms with Gasteiger partial charge in [-0.3, -0.25) is 0 Å². The number of aryl methyl sites for hydroxylation is 1. The monoisotopic (exact) mass is 334 g/mol. The number of hydrogen-bond donors (Lipinski definition) is 0. The number of nitrogens with zero attached hydrogens (tertiary/aromatic N) is 4. The van der Waals surface area contributed by atoms with Crippen LogP contribution in [0.5, 0.6) is 17.4 Å². The minimum absolute atomic E-state index is 0.165. The van der Waals surface area contributed by atoms with Crippen molar-refractivity contribution in [2.75, 3.05) is 20.8 Å². The van der Waals surface area contributed by atoms with E-state index in [9.17, 15) is 9.90 Å². The Labute approximate surface area is 138 Å². The van der Waals surface area contributed by atoms with Gasteiger partial charge in [0, 0.05) is 5.56 Å². The van der Waals surface area contributed by atoms with Crippen LogP contribution in [0.3, 0.4) is 0 Å². The average Bonchev–Trinajstić information content (AvgIpc) is 2.86. The topological polar surface area (TPSA) is 102 Å². The molecule has 128 valence electrons. The SMILES string of the molecule is CCOC(=O)c1c([O-])n(/N=C/c2ccc(OC)c(OC)c2)n[n+]1C. The van der Waals surface area contributed by atoms with E-state index in [0.717, 1.165) is 9.47 Å². The molecule has 0 fully saturated rings. The Bertz CT molecular complexity index is 769. The third kappa shape index (κ3) is 3.45. The largest absolute Gasteiger partial charge is 0.836 e. The van der Waals surface area contributed by atoms with E-state index in [2.05, 4.69) is 10.3 Å². The summed E-state index contributed by atoms with van der Waals surface area (Å²) < 4.78 is 16.3. The van der Waals surface area contributed by atoms with Crippen molar-refractivity contribution < 1.29 is 28.8 Å². The molecule has 9 heteroatoms. The first-order valence-electron chi connectivity index (χ1n) is 7.11. The smallest absolute Gasteiger partial charge is 0.383 e. The van der Waals surface area contributed by atoms with Crippen LogP contribution in [0.25, 0.3) is 0 Å². The van der Waals surface area contributed by atoms with E-state index in [1.165, 1.54) is 27.5 Å². The van der Waals surface area contributed by atoms with Gasteiger partial charge in [0.1, 0.15) is 12.3 Å². The van der Waals surface area contributed by atoms with Crippen LogP contribution in [0.15, 0.2) is 23.3 Å². The van der Waals surface area contributed by atoms with Gasteiger partial charge in [-0.15, -0.1) is 4.68 Å². The molecule has 0 atom stereocenters. The Morgan fingerprint density at radius 3 is 2.71 bits per heavy atom. The first-order chi connectivity index (χ1) is 11.5. The van der Waals surface area contributed by atoms with Crippen LogP contribution in [-0.2, 0) is 11.8 Å². The maximum absolute atomic E-state index is 12.2. The van der Waals surface area contributed by atoms with Crippen LogP contribution in [0.2, 0.25) is 0 Å². The van der Waals surface area contributed by atoms with Crippen molar-refractivity contribution in [2.24, 2.45) is 12.1 Å². The molecular weight excluding hydrogens is 316 g/mol. The molecule has 0 radical (unpaired) electrons. The van der Waals surface area contributed by atoms with Crippen LogP contribution in [0.1, 0.15) is 23.0 Å². The Morgan fingerprint density at radius 1 is 1.38 bits per heavy atom. The van der Waals surface area contributed by atoms with Crippen molar-refractivity contribution in [3.05, 3.63) is 29.5 Å². The highest BCUT2D eigenvalue weighted by atomic mass is 16.5. The summed E-state index contributed by atoms with van der Waals surface area (Å²) in [5.74, 6) is -0.290. The van der Waals surface area contributed by atoms with Gasteiger partial charge < -0.3 is 19.3 Å². The third-order valence-electron chi connectivity index (χ3n) is 3.12. The molecule has 0 N–H and O–H groups in total. The number of rotatable bonds is 6. The number of methoxy groups -OCH3 is 2. The third-order valence-corrected chi connectivity index (χ3v) is 3.12. The molecule has 2 rings (SSSR count). The van der Waals surface area contributed by atoms with Crippen molar-refractivity contribution in [1.82, 2.24) is 10.0 Å². The lowest BCUT2D eigenvalue weighted by molar-refractivity contribution is -0.734. The van der Waals surface area contributed by atoms with Gasteiger partial charge in [-0.25, -0.2) is 4.79 Å². The van der Waals surface area contributed by atoms with Crippen molar-refractivity contribution >= 4 is 12.2 Å². The summed E-state index contributed by atoms with van der Waals surface area (Å²) in [5, 5.41) is 20.0. The van der Waals surface area contributed by atoms with E-state index in [-0.39, 0.29) is 12.3 Å². The Kier molecular flexibility index (Phi) is 5.35. The normalized spacial score (nSPS) is 10.8. The minimum Gasteiger partial charge on any atom is -0.836 e. The molecule has 0 amide bonds. The van der Waals surface area contributed by atoms with Crippen LogP contribution in [0.4, 0.5) is 0 Å². The van der Waals surface area contributed by atoms with E-state index in [1.54, 1.807) is 25.1 Å². The first-order valence-corrected chi connectivity index (χ1v) is 7.11. The number of esters is 1. The second-order valence-electron chi connectivity index (χ2n) is 4.64. The molecule has 0 aliphatic carbocycles. The zero-order valence-corrected chi connectivity index (χ0v) is 13.8. The molecule has 0 spiro atoms. The lowest BCUT2D eigenvalue weighted by atomic mass is 10.2. The van der Waals surface area contributed by atoms with E-state index < -0.39 is 11.8 Å². The van der Waals surface area contributed by atoms with Gasteiger partial charge in [0.2, 0.25) is 0 Å². The molecule has 1 heterocycles. The summed E-state index contributed by atoms with van der Waals surface area (Å²) in [4.78, 5) is 12.6. The van der Waals surface area contributed by atoms with Crippen molar-refractivity contribution in [2.45, 2.75) is 6.92 Å². The highest BCUT2D eigenvalue weighted by Crippen LogP contribution is 2.26. The van der Waals surface area contributed by atoms with Crippen LogP contribution >= 0.6 is 0 Å². The maximum Gasteiger partial charge on any atom is 0.383 e. The fourth-order valence-electron chi connectivity index (χ4n) is 1.99. The summed E-state index contributed by atoms with van der Waals surface area (Å²) >= 11 is 0. The number of carbonyl (C=O) groups excluding carboxylic acids is 1. The van der Waals surface area contributed by atoms with E-state index in [0.29, 0.717) is 17.1 Å². The summed E-state index contributed by atoms with van der Waals surface area (Å²) in [6.45, 7) is 1.82. The Morgan fingerprint density at radius 2 is 2.08 bits per heavy atom. The first kappa shape index (κ1) is 17.3. The van der Waals surface area contributed by atoms with E-state index >= 15 is 0 Å². The van der Waals surface area contributed by atoms with Crippen molar-refractivity contribution in [3.8, 4) is 17.4 Å². The van der Waals surface area contributed by atoms with Gasteiger partial charge in [0.05, 0.1) is 27.0 Å². The fraction of sp³-hybridized carbons (Fsp3) is 0.333. The molecule has 9 nitrogen and oxygen atoms in total. The molecule has 24 heavy (non-hydrogen) atoms. The molecule has 1 aromatic heterocycles.